The Morgan fingerprint density at radius 1 is 1.43 bits per heavy atom. The first-order valence-corrected chi connectivity index (χ1v) is 5.60. The molecular formula is C10H9NO2S. The molecule has 1 saturated heterocycles. The Balaban J connectivity index is 2.26. The second-order valence-corrected chi connectivity index (χ2v) is 4.53. The third-order valence-corrected chi connectivity index (χ3v) is 3.85. The average Bonchev–Trinajstić information content (AvgIpc) is 2.67. The maximum absolute atomic E-state index is 11.8. The van der Waals surface area contributed by atoms with Gasteiger partial charge in [0.25, 0.3) is 5.91 Å². The van der Waals surface area contributed by atoms with Gasteiger partial charge in [-0.15, -0.1) is 11.8 Å². The van der Waals surface area contributed by atoms with E-state index < -0.39 is 5.72 Å². The van der Waals surface area contributed by atoms with Crippen molar-refractivity contribution in [3.63, 3.8) is 0 Å². The standard InChI is InChI=1S/C10H9NO2S/c12-9-7-3-1-2-4-8(7)10(13)5-14-6-11(9)10/h1-4,13H,5-6H2. The Morgan fingerprint density at radius 3 is 3.07 bits per heavy atom. The first kappa shape index (κ1) is 8.32. The van der Waals surface area contributed by atoms with Gasteiger partial charge in [0, 0.05) is 16.9 Å². The lowest BCUT2D eigenvalue weighted by Crippen LogP contribution is -2.39. The summed E-state index contributed by atoms with van der Waals surface area (Å²) in [6.45, 7) is 0. The molecule has 0 radical (unpaired) electrons. The minimum absolute atomic E-state index is 0.0481. The molecule has 2 aliphatic heterocycles. The number of aliphatic hydroxyl groups is 1. The van der Waals surface area contributed by atoms with Gasteiger partial charge in [-0.1, -0.05) is 18.2 Å². The van der Waals surface area contributed by atoms with Crippen LogP contribution >= 0.6 is 11.8 Å². The molecule has 2 aliphatic rings. The van der Waals surface area contributed by atoms with Gasteiger partial charge in [0.1, 0.15) is 0 Å². The van der Waals surface area contributed by atoms with Crippen molar-refractivity contribution in [2.45, 2.75) is 5.72 Å². The average molecular weight is 207 g/mol. The zero-order valence-corrected chi connectivity index (χ0v) is 8.25. The fourth-order valence-electron chi connectivity index (χ4n) is 2.08. The molecule has 0 aliphatic carbocycles. The molecular weight excluding hydrogens is 198 g/mol. The van der Waals surface area contributed by atoms with Crippen molar-refractivity contribution in [1.29, 1.82) is 0 Å². The summed E-state index contributed by atoms with van der Waals surface area (Å²) >= 11 is 1.59. The third-order valence-electron chi connectivity index (χ3n) is 2.80. The van der Waals surface area contributed by atoms with Crippen LogP contribution in [0.15, 0.2) is 24.3 Å². The topological polar surface area (TPSA) is 40.5 Å². The summed E-state index contributed by atoms with van der Waals surface area (Å²) in [5.74, 6) is 1.12. The number of nitrogens with zero attached hydrogens (tertiary/aromatic N) is 1. The second-order valence-electron chi connectivity index (χ2n) is 3.57. The minimum atomic E-state index is -1.04. The molecule has 1 aromatic rings. The fraction of sp³-hybridized carbons (Fsp3) is 0.300. The Morgan fingerprint density at radius 2 is 2.21 bits per heavy atom. The van der Waals surface area contributed by atoms with Crippen molar-refractivity contribution in [1.82, 2.24) is 4.90 Å². The first-order chi connectivity index (χ1) is 6.73. The third kappa shape index (κ3) is 0.804. The number of carbonyl (C=O) groups is 1. The number of amides is 1. The van der Waals surface area contributed by atoms with Crippen LogP contribution in [-0.4, -0.2) is 27.5 Å². The van der Waals surface area contributed by atoms with Crippen molar-refractivity contribution < 1.29 is 9.90 Å². The Bertz CT molecular complexity index is 420. The lowest BCUT2D eigenvalue weighted by molar-refractivity contribution is -0.0467. The SMILES string of the molecule is O=C1c2ccccc2C2(O)CSCN12. The number of rotatable bonds is 0. The van der Waals surface area contributed by atoms with Crippen LogP contribution in [0.5, 0.6) is 0 Å². The van der Waals surface area contributed by atoms with Gasteiger partial charge in [-0.25, -0.2) is 0 Å². The summed E-state index contributed by atoms with van der Waals surface area (Å²) in [6.07, 6.45) is 0. The van der Waals surface area contributed by atoms with Crippen LogP contribution in [0.3, 0.4) is 0 Å². The molecule has 4 heteroatoms. The van der Waals surface area contributed by atoms with Crippen molar-refractivity contribution in [2.24, 2.45) is 0 Å². The lowest BCUT2D eigenvalue weighted by Gasteiger charge is -2.25. The highest BCUT2D eigenvalue weighted by Gasteiger charge is 2.51. The summed E-state index contributed by atoms with van der Waals surface area (Å²) in [4.78, 5) is 13.4. The van der Waals surface area contributed by atoms with E-state index >= 15 is 0 Å². The van der Waals surface area contributed by atoms with E-state index in [9.17, 15) is 9.90 Å². The van der Waals surface area contributed by atoms with E-state index in [0.717, 1.165) is 5.56 Å². The zero-order chi connectivity index (χ0) is 9.76. The highest BCUT2D eigenvalue weighted by molar-refractivity contribution is 7.99. The minimum Gasteiger partial charge on any atom is -0.366 e. The molecule has 3 rings (SSSR count). The number of fused-ring (bicyclic) bond motifs is 3. The van der Waals surface area contributed by atoms with Gasteiger partial charge in [-0.2, -0.15) is 0 Å². The van der Waals surface area contributed by atoms with Crippen LogP contribution in [0.2, 0.25) is 0 Å². The second kappa shape index (κ2) is 2.52. The van der Waals surface area contributed by atoms with Gasteiger partial charge < -0.3 is 5.11 Å². The summed E-state index contributed by atoms with van der Waals surface area (Å²) in [7, 11) is 0. The van der Waals surface area contributed by atoms with Crippen LogP contribution in [0, 0.1) is 0 Å². The van der Waals surface area contributed by atoms with Gasteiger partial charge >= 0.3 is 0 Å². The van der Waals surface area contributed by atoms with E-state index in [-0.39, 0.29) is 5.91 Å². The van der Waals surface area contributed by atoms with Crippen molar-refractivity contribution in [3.05, 3.63) is 35.4 Å². The number of hydrogen-bond donors (Lipinski definition) is 1. The maximum atomic E-state index is 11.8. The normalized spacial score (nSPS) is 29.2. The summed E-state index contributed by atoms with van der Waals surface area (Å²) in [5.41, 5.74) is 0.364. The molecule has 1 amide bonds. The van der Waals surface area contributed by atoms with E-state index in [1.807, 2.05) is 18.2 Å². The summed E-state index contributed by atoms with van der Waals surface area (Å²) < 4.78 is 0. The molecule has 2 heterocycles. The molecule has 3 nitrogen and oxygen atoms in total. The van der Waals surface area contributed by atoms with Gasteiger partial charge in [0.2, 0.25) is 0 Å². The fourth-order valence-corrected chi connectivity index (χ4v) is 3.28. The van der Waals surface area contributed by atoms with E-state index in [1.165, 1.54) is 0 Å². The number of thioether (sulfide) groups is 1. The van der Waals surface area contributed by atoms with Gasteiger partial charge in [0.05, 0.1) is 5.88 Å². The smallest absolute Gasteiger partial charge is 0.257 e. The largest absolute Gasteiger partial charge is 0.366 e. The van der Waals surface area contributed by atoms with Crippen molar-refractivity contribution >= 4 is 17.7 Å². The highest BCUT2D eigenvalue weighted by atomic mass is 32.2. The Labute approximate surface area is 85.7 Å². The zero-order valence-electron chi connectivity index (χ0n) is 7.43. The van der Waals surface area contributed by atoms with E-state index in [2.05, 4.69) is 0 Å². The lowest BCUT2D eigenvalue weighted by atomic mass is 10.0. The molecule has 0 aromatic heterocycles. The van der Waals surface area contributed by atoms with Crippen LogP contribution in [0.1, 0.15) is 15.9 Å². The van der Waals surface area contributed by atoms with Crippen molar-refractivity contribution in [2.75, 3.05) is 11.6 Å². The number of hydrogen-bond acceptors (Lipinski definition) is 3. The highest BCUT2D eigenvalue weighted by Crippen LogP contribution is 2.44. The van der Waals surface area contributed by atoms with Crippen molar-refractivity contribution in [3.8, 4) is 0 Å². The molecule has 0 bridgehead atoms. The van der Waals surface area contributed by atoms with E-state index in [0.29, 0.717) is 17.2 Å². The quantitative estimate of drug-likeness (QED) is 0.689. The monoisotopic (exact) mass is 207 g/mol. The van der Waals surface area contributed by atoms with Crippen LogP contribution in [0.25, 0.3) is 0 Å². The molecule has 1 unspecified atom stereocenters. The van der Waals surface area contributed by atoms with Crippen LogP contribution < -0.4 is 0 Å². The Hall–Kier alpha value is -1.00. The van der Waals surface area contributed by atoms with Gasteiger partial charge in [-0.3, -0.25) is 9.69 Å². The number of benzene rings is 1. The molecule has 14 heavy (non-hydrogen) atoms. The predicted octanol–water partition coefficient (Wildman–Crippen LogP) is 0.992. The number of carbonyl (C=O) groups excluding carboxylic acids is 1. The van der Waals surface area contributed by atoms with Gasteiger partial charge in [0.15, 0.2) is 5.72 Å². The predicted molar refractivity (Wildman–Crippen MR) is 53.8 cm³/mol. The maximum Gasteiger partial charge on any atom is 0.257 e. The first-order valence-electron chi connectivity index (χ1n) is 4.45. The summed E-state index contributed by atoms with van der Waals surface area (Å²) in [6, 6.07) is 7.30. The van der Waals surface area contributed by atoms with Crippen LogP contribution in [0.4, 0.5) is 0 Å². The van der Waals surface area contributed by atoms with Gasteiger partial charge in [-0.05, 0) is 6.07 Å². The molecule has 1 fully saturated rings. The Kier molecular flexibility index (Phi) is 1.50. The molecule has 1 atom stereocenters. The van der Waals surface area contributed by atoms with E-state index in [1.54, 1.807) is 22.7 Å². The molecule has 0 saturated carbocycles. The molecule has 1 aromatic carbocycles. The van der Waals surface area contributed by atoms with E-state index in [4.69, 9.17) is 0 Å². The van der Waals surface area contributed by atoms with Crippen LogP contribution in [-0.2, 0) is 5.72 Å². The molecule has 0 spiro atoms. The molecule has 1 N–H and O–H groups in total. The summed E-state index contributed by atoms with van der Waals surface area (Å²) in [5, 5.41) is 10.3. The molecule has 72 valence electrons.